The van der Waals surface area contributed by atoms with E-state index in [1.807, 2.05) is 16.2 Å². The van der Waals surface area contributed by atoms with Crippen molar-refractivity contribution in [2.45, 2.75) is 25.3 Å². The number of hydrogen-bond acceptors (Lipinski definition) is 4. The van der Waals surface area contributed by atoms with E-state index in [1.54, 1.807) is 0 Å². The highest BCUT2D eigenvalue weighted by molar-refractivity contribution is 7.10. The van der Waals surface area contributed by atoms with Gasteiger partial charge in [-0.1, -0.05) is 6.07 Å². The molecule has 0 radical (unpaired) electrons. The van der Waals surface area contributed by atoms with Crippen molar-refractivity contribution in [2.75, 3.05) is 39.3 Å². The predicted octanol–water partition coefficient (Wildman–Crippen LogP) is 1.71. The first-order valence-corrected chi connectivity index (χ1v) is 8.48. The Bertz CT molecular complexity index is 428. The smallest absolute Gasteiger partial charge is 0.223 e. The van der Waals surface area contributed by atoms with Crippen LogP contribution in [0.2, 0.25) is 0 Å². The van der Waals surface area contributed by atoms with Gasteiger partial charge in [-0.15, -0.1) is 11.3 Å². The molecule has 5 heteroatoms. The molecule has 20 heavy (non-hydrogen) atoms. The Balaban J connectivity index is 1.51. The third kappa shape index (κ3) is 3.22. The summed E-state index contributed by atoms with van der Waals surface area (Å²) in [5.74, 6) is 0.323. The number of carbonyl (C=O) groups is 1. The van der Waals surface area contributed by atoms with Crippen LogP contribution in [-0.4, -0.2) is 55.0 Å². The molecule has 4 nitrogen and oxygen atoms in total. The Kier molecular flexibility index (Phi) is 4.70. The number of carbonyl (C=O) groups excluding carboxylic acids is 1. The lowest BCUT2D eigenvalue weighted by atomic mass is 10.2. The normalized spacial score (nSPS) is 24.2. The molecule has 0 bridgehead atoms. The fourth-order valence-electron chi connectivity index (χ4n) is 3.21. The van der Waals surface area contributed by atoms with Crippen LogP contribution >= 0.6 is 11.3 Å². The topological polar surface area (TPSA) is 35.6 Å². The monoisotopic (exact) mass is 293 g/mol. The van der Waals surface area contributed by atoms with Crippen molar-refractivity contribution in [1.29, 1.82) is 0 Å². The SMILES string of the molecule is O=C(CCN1CCCC1c1cccs1)N1CCNCC1. The minimum absolute atomic E-state index is 0.323. The first-order valence-electron chi connectivity index (χ1n) is 7.60. The molecule has 0 saturated carbocycles. The average molecular weight is 293 g/mol. The number of thiophene rings is 1. The maximum Gasteiger partial charge on any atom is 0.223 e. The van der Waals surface area contributed by atoms with Crippen LogP contribution in [0.4, 0.5) is 0 Å². The number of piperazine rings is 1. The molecule has 0 aromatic carbocycles. The van der Waals surface area contributed by atoms with Gasteiger partial charge in [0.05, 0.1) is 0 Å². The Hall–Kier alpha value is -0.910. The summed E-state index contributed by atoms with van der Waals surface area (Å²) in [6, 6.07) is 4.90. The maximum atomic E-state index is 12.2. The zero-order valence-electron chi connectivity index (χ0n) is 11.9. The summed E-state index contributed by atoms with van der Waals surface area (Å²) in [4.78, 5) is 18.2. The van der Waals surface area contributed by atoms with E-state index in [1.165, 1.54) is 17.7 Å². The number of likely N-dealkylation sites (tertiary alicyclic amines) is 1. The molecule has 1 aromatic rings. The van der Waals surface area contributed by atoms with Crippen LogP contribution in [0, 0.1) is 0 Å². The molecule has 110 valence electrons. The van der Waals surface area contributed by atoms with Crippen LogP contribution in [-0.2, 0) is 4.79 Å². The highest BCUT2D eigenvalue weighted by Gasteiger charge is 2.27. The zero-order valence-corrected chi connectivity index (χ0v) is 12.7. The van der Waals surface area contributed by atoms with Gasteiger partial charge in [0.25, 0.3) is 0 Å². The van der Waals surface area contributed by atoms with Crippen molar-refractivity contribution in [1.82, 2.24) is 15.1 Å². The van der Waals surface area contributed by atoms with E-state index in [2.05, 4.69) is 27.7 Å². The first-order chi connectivity index (χ1) is 9.84. The van der Waals surface area contributed by atoms with Gasteiger partial charge in [-0.3, -0.25) is 9.69 Å². The highest BCUT2D eigenvalue weighted by Crippen LogP contribution is 2.34. The Labute approximate surface area is 124 Å². The number of nitrogens with zero attached hydrogens (tertiary/aromatic N) is 2. The van der Waals surface area contributed by atoms with Gasteiger partial charge >= 0.3 is 0 Å². The minimum Gasteiger partial charge on any atom is -0.340 e. The summed E-state index contributed by atoms with van der Waals surface area (Å²) in [6.07, 6.45) is 3.16. The van der Waals surface area contributed by atoms with Crippen LogP contribution in [0.1, 0.15) is 30.2 Å². The van der Waals surface area contributed by atoms with E-state index < -0.39 is 0 Å². The van der Waals surface area contributed by atoms with Gasteiger partial charge in [0.1, 0.15) is 0 Å². The van der Waals surface area contributed by atoms with Crippen LogP contribution in [0.15, 0.2) is 17.5 Å². The molecule has 3 heterocycles. The molecule has 1 unspecified atom stereocenters. The van der Waals surface area contributed by atoms with Crippen molar-refractivity contribution >= 4 is 17.2 Å². The van der Waals surface area contributed by atoms with Crippen LogP contribution in [0.25, 0.3) is 0 Å². The summed E-state index contributed by atoms with van der Waals surface area (Å²) < 4.78 is 0. The number of nitrogens with one attached hydrogen (secondary N) is 1. The van der Waals surface area contributed by atoms with Gasteiger partial charge in [-0.05, 0) is 30.8 Å². The Morgan fingerprint density at radius 3 is 2.95 bits per heavy atom. The van der Waals surface area contributed by atoms with Gasteiger partial charge in [-0.2, -0.15) is 0 Å². The van der Waals surface area contributed by atoms with Gasteiger partial charge in [0, 0.05) is 50.1 Å². The zero-order chi connectivity index (χ0) is 13.8. The third-order valence-electron chi connectivity index (χ3n) is 4.32. The third-order valence-corrected chi connectivity index (χ3v) is 5.29. The highest BCUT2D eigenvalue weighted by atomic mass is 32.1. The number of hydrogen-bond donors (Lipinski definition) is 1. The standard InChI is InChI=1S/C15H23N3OS/c19-15(18-10-6-16-7-11-18)5-9-17-8-1-3-13(17)14-4-2-12-20-14/h2,4,12-13,16H,1,3,5-11H2. The molecule has 2 aliphatic rings. The summed E-state index contributed by atoms with van der Waals surface area (Å²) >= 11 is 1.84. The fraction of sp³-hybridized carbons (Fsp3) is 0.667. The lowest BCUT2D eigenvalue weighted by Gasteiger charge is -2.29. The quantitative estimate of drug-likeness (QED) is 0.918. The largest absolute Gasteiger partial charge is 0.340 e. The molecule has 1 aromatic heterocycles. The second-order valence-electron chi connectivity index (χ2n) is 5.59. The van der Waals surface area contributed by atoms with E-state index in [9.17, 15) is 4.79 Å². The summed E-state index contributed by atoms with van der Waals surface area (Å²) in [5, 5.41) is 5.44. The van der Waals surface area contributed by atoms with Crippen LogP contribution < -0.4 is 5.32 Å². The lowest BCUT2D eigenvalue weighted by Crippen LogP contribution is -2.47. The van der Waals surface area contributed by atoms with Gasteiger partial charge < -0.3 is 10.2 Å². The Morgan fingerprint density at radius 1 is 1.35 bits per heavy atom. The average Bonchev–Trinajstić information content (AvgIpc) is 3.16. The number of rotatable bonds is 4. The van der Waals surface area contributed by atoms with Crippen molar-refractivity contribution in [3.05, 3.63) is 22.4 Å². The molecule has 2 fully saturated rings. The first kappa shape index (κ1) is 14.0. The number of amides is 1. The van der Waals surface area contributed by atoms with E-state index in [0.717, 1.165) is 39.3 Å². The molecule has 1 N–H and O–H groups in total. The second-order valence-corrected chi connectivity index (χ2v) is 6.57. The summed E-state index contributed by atoms with van der Waals surface area (Å²) in [6.45, 7) is 5.66. The predicted molar refractivity (Wildman–Crippen MR) is 81.9 cm³/mol. The molecule has 0 spiro atoms. The van der Waals surface area contributed by atoms with E-state index in [-0.39, 0.29) is 0 Å². The van der Waals surface area contributed by atoms with Crippen molar-refractivity contribution in [3.63, 3.8) is 0 Å². The Morgan fingerprint density at radius 2 is 2.20 bits per heavy atom. The molecule has 1 atom stereocenters. The molecule has 0 aliphatic carbocycles. The van der Waals surface area contributed by atoms with Crippen molar-refractivity contribution in [3.8, 4) is 0 Å². The molecule has 2 aliphatic heterocycles. The maximum absolute atomic E-state index is 12.2. The lowest BCUT2D eigenvalue weighted by molar-refractivity contribution is -0.132. The summed E-state index contributed by atoms with van der Waals surface area (Å²) in [5.41, 5.74) is 0. The van der Waals surface area contributed by atoms with Crippen molar-refractivity contribution < 1.29 is 4.79 Å². The molecule has 1 amide bonds. The second kappa shape index (κ2) is 6.70. The van der Waals surface area contributed by atoms with Crippen molar-refractivity contribution in [2.24, 2.45) is 0 Å². The van der Waals surface area contributed by atoms with Crippen LogP contribution in [0.5, 0.6) is 0 Å². The van der Waals surface area contributed by atoms with Gasteiger partial charge in [-0.25, -0.2) is 0 Å². The van der Waals surface area contributed by atoms with Crippen LogP contribution in [0.3, 0.4) is 0 Å². The molecular formula is C15H23N3OS. The van der Waals surface area contributed by atoms with E-state index >= 15 is 0 Å². The minimum atomic E-state index is 0.323. The molecule has 2 saturated heterocycles. The van der Waals surface area contributed by atoms with E-state index in [4.69, 9.17) is 0 Å². The van der Waals surface area contributed by atoms with Gasteiger partial charge in [0.15, 0.2) is 0 Å². The van der Waals surface area contributed by atoms with Gasteiger partial charge in [0.2, 0.25) is 5.91 Å². The fourth-order valence-corrected chi connectivity index (χ4v) is 4.10. The molecule has 3 rings (SSSR count). The molecular weight excluding hydrogens is 270 g/mol. The van der Waals surface area contributed by atoms with E-state index in [0.29, 0.717) is 18.4 Å². The summed E-state index contributed by atoms with van der Waals surface area (Å²) in [7, 11) is 0.